The molecular weight excluding hydrogens is 414 g/mol. The van der Waals surface area contributed by atoms with Crippen molar-refractivity contribution in [1.82, 2.24) is 9.97 Å². The van der Waals surface area contributed by atoms with E-state index in [9.17, 15) is 4.79 Å². The van der Waals surface area contributed by atoms with Gasteiger partial charge in [-0.3, -0.25) is 4.79 Å². The smallest absolute Gasteiger partial charge is 0.228 e. The van der Waals surface area contributed by atoms with Crippen molar-refractivity contribution in [2.24, 2.45) is 0 Å². The molecule has 0 aliphatic carbocycles. The van der Waals surface area contributed by atoms with Crippen LogP contribution in [0.4, 0.5) is 5.69 Å². The van der Waals surface area contributed by atoms with E-state index in [2.05, 4.69) is 34.6 Å². The Balaban J connectivity index is 1.32. The molecule has 2 heterocycles. The Morgan fingerprint density at radius 1 is 0.875 bits per heavy atom. The molecule has 5 aromatic rings. The Labute approximate surface area is 190 Å². The highest BCUT2D eigenvalue weighted by Gasteiger charge is 2.13. The van der Waals surface area contributed by atoms with Gasteiger partial charge in [-0.05, 0) is 47.4 Å². The van der Waals surface area contributed by atoms with Crippen LogP contribution in [-0.4, -0.2) is 15.9 Å². The lowest BCUT2D eigenvalue weighted by Gasteiger charge is -2.11. The highest BCUT2D eigenvalue weighted by Crippen LogP contribution is 2.33. The number of rotatable bonds is 5. The van der Waals surface area contributed by atoms with E-state index in [1.54, 1.807) is 17.5 Å². The third-order valence-electron chi connectivity index (χ3n) is 5.43. The van der Waals surface area contributed by atoms with Crippen LogP contribution in [0.5, 0.6) is 0 Å². The minimum atomic E-state index is -0.0383. The molecule has 0 aliphatic heterocycles. The summed E-state index contributed by atoms with van der Waals surface area (Å²) in [6.07, 6.45) is 2.10. The number of anilines is 1. The van der Waals surface area contributed by atoms with Crippen LogP contribution in [0, 0.1) is 6.92 Å². The lowest BCUT2D eigenvalue weighted by Crippen LogP contribution is -2.15. The molecule has 0 spiro atoms. The predicted molar refractivity (Wildman–Crippen MR) is 132 cm³/mol. The average molecular weight is 436 g/mol. The number of carbonyl (C=O) groups is 1. The number of thiazole rings is 1. The fourth-order valence-corrected chi connectivity index (χ4v) is 4.70. The largest absolute Gasteiger partial charge is 0.326 e. The summed E-state index contributed by atoms with van der Waals surface area (Å²) in [5.74, 6) is -0.0383. The second-order valence-corrected chi connectivity index (χ2v) is 8.59. The van der Waals surface area contributed by atoms with Gasteiger partial charge in [-0.15, -0.1) is 0 Å². The topological polar surface area (TPSA) is 54.9 Å². The van der Waals surface area contributed by atoms with Crippen molar-refractivity contribution in [3.63, 3.8) is 0 Å². The van der Waals surface area contributed by atoms with Crippen molar-refractivity contribution >= 4 is 33.3 Å². The molecule has 3 aromatic carbocycles. The molecule has 2 aromatic heterocycles. The maximum atomic E-state index is 12.7. The van der Waals surface area contributed by atoms with Gasteiger partial charge in [0.25, 0.3) is 0 Å². The number of fused-ring (bicyclic) bond motifs is 1. The fraction of sp³-hybridized carbons (Fsp3) is 0.0741. The van der Waals surface area contributed by atoms with Crippen LogP contribution < -0.4 is 5.32 Å². The summed E-state index contributed by atoms with van der Waals surface area (Å²) in [5.41, 5.74) is 7.00. The number of nitrogens with one attached hydrogen (secondary N) is 1. The lowest BCUT2D eigenvalue weighted by atomic mass is 10.0. The number of hydrogen-bond donors (Lipinski definition) is 1. The first kappa shape index (κ1) is 20.1. The average Bonchev–Trinajstić information content (AvgIpc) is 3.25. The third kappa shape index (κ3) is 4.15. The van der Waals surface area contributed by atoms with Gasteiger partial charge in [0.15, 0.2) is 0 Å². The van der Waals surface area contributed by atoms with Gasteiger partial charge < -0.3 is 5.32 Å². The Hall–Kier alpha value is -3.83. The predicted octanol–water partition coefficient (Wildman–Crippen LogP) is 6.51. The highest BCUT2D eigenvalue weighted by molar-refractivity contribution is 7.21. The zero-order valence-corrected chi connectivity index (χ0v) is 18.4. The summed E-state index contributed by atoms with van der Waals surface area (Å²) in [6, 6.07) is 28.1. The van der Waals surface area contributed by atoms with Gasteiger partial charge in [0, 0.05) is 17.4 Å². The number of nitrogens with zero attached hydrogens (tertiary/aromatic N) is 2. The SMILES string of the molecule is Cc1c(NC(=O)Cc2ccc(-c3ccccc3)cc2)cccc1-c1nc2cccnc2s1. The van der Waals surface area contributed by atoms with E-state index in [1.807, 2.05) is 67.6 Å². The van der Waals surface area contributed by atoms with Crippen LogP contribution in [-0.2, 0) is 11.2 Å². The molecule has 5 rings (SSSR count). The van der Waals surface area contributed by atoms with Gasteiger partial charge in [-0.25, -0.2) is 9.97 Å². The van der Waals surface area contributed by atoms with E-state index in [1.165, 1.54) is 5.56 Å². The number of pyridine rings is 1. The zero-order chi connectivity index (χ0) is 21.9. The van der Waals surface area contributed by atoms with Crippen LogP contribution in [0.25, 0.3) is 32.0 Å². The Bertz CT molecular complexity index is 1360. The fourth-order valence-electron chi connectivity index (χ4n) is 3.71. The summed E-state index contributed by atoms with van der Waals surface area (Å²) in [7, 11) is 0. The van der Waals surface area contributed by atoms with Gasteiger partial charge >= 0.3 is 0 Å². The number of carbonyl (C=O) groups excluding carboxylic acids is 1. The molecule has 0 saturated carbocycles. The Morgan fingerprint density at radius 3 is 2.44 bits per heavy atom. The molecule has 1 amide bonds. The maximum absolute atomic E-state index is 12.7. The summed E-state index contributed by atoms with van der Waals surface area (Å²) in [6.45, 7) is 2.01. The van der Waals surface area contributed by atoms with Crippen molar-refractivity contribution in [1.29, 1.82) is 0 Å². The van der Waals surface area contributed by atoms with E-state index in [-0.39, 0.29) is 5.91 Å². The van der Waals surface area contributed by atoms with E-state index >= 15 is 0 Å². The Kier molecular flexibility index (Phi) is 5.48. The van der Waals surface area contributed by atoms with E-state index in [0.29, 0.717) is 6.42 Å². The van der Waals surface area contributed by atoms with Crippen LogP contribution in [0.15, 0.2) is 91.1 Å². The van der Waals surface area contributed by atoms with Crippen molar-refractivity contribution < 1.29 is 4.79 Å². The molecule has 0 aliphatic rings. The van der Waals surface area contributed by atoms with E-state index in [4.69, 9.17) is 4.98 Å². The van der Waals surface area contributed by atoms with Gasteiger partial charge in [0.05, 0.1) is 6.42 Å². The molecular formula is C27H21N3OS. The number of amides is 1. The second kappa shape index (κ2) is 8.73. The normalized spacial score (nSPS) is 10.9. The third-order valence-corrected chi connectivity index (χ3v) is 6.44. The maximum Gasteiger partial charge on any atom is 0.228 e. The van der Waals surface area contributed by atoms with E-state index < -0.39 is 0 Å². The number of aromatic nitrogens is 2. The van der Waals surface area contributed by atoms with Crippen molar-refractivity contribution in [2.75, 3.05) is 5.32 Å². The van der Waals surface area contributed by atoms with Crippen LogP contribution in [0.2, 0.25) is 0 Å². The van der Waals surface area contributed by atoms with Crippen molar-refractivity contribution in [3.8, 4) is 21.7 Å². The minimum Gasteiger partial charge on any atom is -0.326 e. The summed E-state index contributed by atoms with van der Waals surface area (Å²) in [5, 5.41) is 3.98. The monoisotopic (exact) mass is 435 g/mol. The summed E-state index contributed by atoms with van der Waals surface area (Å²) < 4.78 is 0. The minimum absolute atomic E-state index is 0.0383. The molecule has 4 nitrogen and oxygen atoms in total. The van der Waals surface area contributed by atoms with Crippen molar-refractivity contribution in [2.45, 2.75) is 13.3 Å². The Morgan fingerprint density at radius 2 is 1.66 bits per heavy atom. The van der Waals surface area contributed by atoms with E-state index in [0.717, 1.165) is 43.3 Å². The van der Waals surface area contributed by atoms with Crippen molar-refractivity contribution in [3.05, 3.63) is 102 Å². The number of hydrogen-bond acceptors (Lipinski definition) is 4. The van der Waals surface area contributed by atoms with Gasteiger partial charge in [-0.1, -0.05) is 78.1 Å². The molecule has 32 heavy (non-hydrogen) atoms. The van der Waals surface area contributed by atoms with Crippen LogP contribution >= 0.6 is 11.3 Å². The second-order valence-electron chi connectivity index (χ2n) is 7.61. The molecule has 5 heteroatoms. The summed E-state index contributed by atoms with van der Waals surface area (Å²) >= 11 is 1.56. The van der Waals surface area contributed by atoms with Gasteiger partial charge in [0.2, 0.25) is 5.91 Å². The molecule has 0 saturated heterocycles. The summed E-state index contributed by atoms with van der Waals surface area (Å²) in [4.78, 5) is 22.8. The molecule has 0 atom stereocenters. The molecule has 1 N–H and O–H groups in total. The quantitative estimate of drug-likeness (QED) is 0.342. The first-order valence-electron chi connectivity index (χ1n) is 10.4. The zero-order valence-electron chi connectivity index (χ0n) is 17.6. The van der Waals surface area contributed by atoms with Crippen LogP contribution in [0.1, 0.15) is 11.1 Å². The molecule has 156 valence electrons. The lowest BCUT2D eigenvalue weighted by molar-refractivity contribution is -0.115. The molecule has 0 fully saturated rings. The van der Waals surface area contributed by atoms with Gasteiger partial charge in [0.1, 0.15) is 15.4 Å². The molecule has 0 bridgehead atoms. The molecule has 0 radical (unpaired) electrons. The first-order chi connectivity index (χ1) is 15.7. The standard InChI is InChI=1S/C27H21N3OS/c1-18-22(26-30-24-11-6-16-28-27(24)32-26)9-5-10-23(18)29-25(31)17-19-12-14-21(15-13-19)20-7-3-2-4-8-20/h2-16H,17H2,1H3,(H,29,31). The van der Waals surface area contributed by atoms with Crippen LogP contribution in [0.3, 0.4) is 0 Å². The first-order valence-corrected chi connectivity index (χ1v) is 11.2. The molecule has 0 unspecified atom stereocenters. The van der Waals surface area contributed by atoms with Gasteiger partial charge in [-0.2, -0.15) is 0 Å². The highest BCUT2D eigenvalue weighted by atomic mass is 32.1. The number of benzene rings is 3.